The Kier molecular flexibility index (Phi) is 5.07. The minimum atomic E-state index is -0.236. The summed E-state index contributed by atoms with van der Waals surface area (Å²) >= 11 is 1.65. The van der Waals surface area contributed by atoms with Gasteiger partial charge in [0.25, 0.3) is 5.56 Å². The van der Waals surface area contributed by atoms with Gasteiger partial charge in [-0.15, -0.1) is 17.9 Å². The summed E-state index contributed by atoms with van der Waals surface area (Å²) in [7, 11) is 0. The summed E-state index contributed by atoms with van der Waals surface area (Å²) in [6, 6.07) is 6.57. The van der Waals surface area contributed by atoms with Crippen LogP contribution in [0, 0.1) is 5.82 Å². The molecule has 0 aliphatic heterocycles. The molecule has 0 atom stereocenters. The number of hydrogen-bond donors (Lipinski definition) is 1. The van der Waals surface area contributed by atoms with Gasteiger partial charge in [-0.3, -0.25) is 9.36 Å². The van der Waals surface area contributed by atoms with E-state index in [1.54, 1.807) is 28.0 Å². The lowest BCUT2D eigenvalue weighted by atomic mass is 9.97. The summed E-state index contributed by atoms with van der Waals surface area (Å²) in [4.78, 5) is 20.0. The van der Waals surface area contributed by atoms with Gasteiger partial charge in [-0.05, 0) is 55.4 Å². The molecule has 1 aromatic carbocycles. The molecular weight excluding hydrogens is 361 g/mol. The number of anilines is 1. The number of hydrogen-bond acceptors (Lipinski definition) is 4. The molecule has 0 spiro atoms. The van der Waals surface area contributed by atoms with Crippen molar-refractivity contribution in [2.75, 3.05) is 11.9 Å². The van der Waals surface area contributed by atoms with Crippen molar-refractivity contribution in [3.63, 3.8) is 0 Å². The van der Waals surface area contributed by atoms with Crippen molar-refractivity contribution in [1.82, 2.24) is 9.55 Å². The highest BCUT2D eigenvalue weighted by atomic mass is 32.1. The van der Waals surface area contributed by atoms with Gasteiger partial charge in [0.1, 0.15) is 10.6 Å². The fourth-order valence-electron chi connectivity index (χ4n) is 3.68. The van der Waals surface area contributed by atoms with E-state index in [9.17, 15) is 9.18 Å². The lowest BCUT2D eigenvalue weighted by Crippen LogP contribution is -2.25. The van der Waals surface area contributed by atoms with Crippen LogP contribution in [0.2, 0.25) is 0 Å². The zero-order chi connectivity index (χ0) is 18.8. The van der Waals surface area contributed by atoms with Crippen molar-refractivity contribution in [2.24, 2.45) is 0 Å². The van der Waals surface area contributed by atoms with Crippen LogP contribution in [0.1, 0.15) is 28.8 Å². The van der Waals surface area contributed by atoms with Crippen molar-refractivity contribution in [3.8, 4) is 0 Å². The summed E-state index contributed by atoms with van der Waals surface area (Å²) in [5, 5.41) is 4.05. The van der Waals surface area contributed by atoms with Crippen molar-refractivity contribution >= 4 is 27.5 Å². The number of aryl methyl sites for hydroxylation is 2. The molecule has 0 fully saturated rings. The maximum Gasteiger partial charge on any atom is 0.264 e. The first-order valence-corrected chi connectivity index (χ1v) is 10.1. The Morgan fingerprint density at radius 1 is 1.33 bits per heavy atom. The molecule has 4 rings (SSSR count). The van der Waals surface area contributed by atoms with Crippen molar-refractivity contribution in [3.05, 3.63) is 69.1 Å². The van der Waals surface area contributed by atoms with Crippen LogP contribution in [0.15, 0.2) is 41.7 Å². The highest BCUT2D eigenvalue weighted by Crippen LogP contribution is 2.34. The van der Waals surface area contributed by atoms with Gasteiger partial charge in [-0.2, -0.15) is 0 Å². The summed E-state index contributed by atoms with van der Waals surface area (Å²) < 4.78 is 15.0. The van der Waals surface area contributed by atoms with Gasteiger partial charge in [0.2, 0.25) is 5.95 Å². The SMILES string of the molecule is C=CCn1c(NCCc2cccc(F)c2)nc2sc3c(c2c1=O)CCCC3. The maximum atomic E-state index is 13.3. The van der Waals surface area contributed by atoms with Gasteiger partial charge in [0.05, 0.1) is 5.39 Å². The van der Waals surface area contributed by atoms with Crippen molar-refractivity contribution in [2.45, 2.75) is 38.6 Å². The number of allylic oxidation sites excluding steroid dienone is 1. The first-order chi connectivity index (χ1) is 13.2. The first kappa shape index (κ1) is 17.9. The molecule has 0 saturated carbocycles. The molecule has 1 N–H and O–H groups in total. The number of aromatic nitrogens is 2. The van der Waals surface area contributed by atoms with E-state index in [1.807, 2.05) is 6.07 Å². The summed E-state index contributed by atoms with van der Waals surface area (Å²) in [6.07, 6.45) is 6.69. The van der Waals surface area contributed by atoms with Gasteiger partial charge < -0.3 is 5.32 Å². The van der Waals surface area contributed by atoms with Crippen molar-refractivity contribution < 1.29 is 4.39 Å². The highest BCUT2D eigenvalue weighted by Gasteiger charge is 2.21. The van der Waals surface area contributed by atoms with E-state index in [0.717, 1.165) is 35.0 Å². The molecule has 0 amide bonds. The Balaban J connectivity index is 1.65. The zero-order valence-electron chi connectivity index (χ0n) is 15.1. The number of nitrogens with zero attached hydrogens (tertiary/aromatic N) is 2. The molecule has 2 heterocycles. The Bertz CT molecular complexity index is 1050. The van der Waals surface area contributed by atoms with Crippen LogP contribution in [0.3, 0.4) is 0 Å². The molecule has 27 heavy (non-hydrogen) atoms. The lowest BCUT2D eigenvalue weighted by Gasteiger charge is -2.13. The van der Waals surface area contributed by atoms with E-state index in [4.69, 9.17) is 4.98 Å². The van der Waals surface area contributed by atoms with Crippen LogP contribution in [0.25, 0.3) is 10.2 Å². The largest absolute Gasteiger partial charge is 0.355 e. The normalized spacial score (nSPS) is 13.5. The molecule has 140 valence electrons. The van der Waals surface area contributed by atoms with Gasteiger partial charge in [-0.1, -0.05) is 18.2 Å². The monoisotopic (exact) mass is 383 g/mol. The van der Waals surface area contributed by atoms with Crippen LogP contribution < -0.4 is 10.9 Å². The van der Waals surface area contributed by atoms with Crippen molar-refractivity contribution in [1.29, 1.82) is 0 Å². The van der Waals surface area contributed by atoms with E-state index in [0.29, 0.717) is 25.5 Å². The molecule has 1 aliphatic rings. The number of halogens is 1. The number of thiophene rings is 1. The van der Waals surface area contributed by atoms with E-state index >= 15 is 0 Å². The zero-order valence-corrected chi connectivity index (χ0v) is 15.9. The molecule has 0 bridgehead atoms. The fourth-order valence-corrected chi connectivity index (χ4v) is 4.93. The lowest BCUT2D eigenvalue weighted by molar-refractivity contribution is 0.625. The highest BCUT2D eigenvalue weighted by molar-refractivity contribution is 7.18. The topological polar surface area (TPSA) is 46.9 Å². The number of nitrogens with one attached hydrogen (secondary N) is 1. The number of rotatable bonds is 6. The molecule has 2 aromatic heterocycles. The third-order valence-corrected chi connectivity index (χ3v) is 6.16. The minimum absolute atomic E-state index is 0.00700. The van der Waals surface area contributed by atoms with Crippen LogP contribution in [0.5, 0.6) is 0 Å². The van der Waals surface area contributed by atoms with E-state index in [1.165, 1.54) is 29.0 Å². The average molecular weight is 383 g/mol. The predicted molar refractivity (Wildman–Crippen MR) is 109 cm³/mol. The smallest absolute Gasteiger partial charge is 0.264 e. The van der Waals surface area contributed by atoms with Gasteiger partial charge in [0.15, 0.2) is 0 Å². The predicted octanol–water partition coefficient (Wildman–Crippen LogP) is 4.32. The summed E-state index contributed by atoms with van der Waals surface area (Å²) in [5.74, 6) is 0.321. The Labute approximate surface area is 161 Å². The summed E-state index contributed by atoms with van der Waals surface area (Å²) in [6.45, 7) is 4.76. The second-order valence-electron chi connectivity index (χ2n) is 6.84. The van der Waals surface area contributed by atoms with E-state index < -0.39 is 0 Å². The van der Waals surface area contributed by atoms with Crippen LogP contribution in [0.4, 0.5) is 10.3 Å². The van der Waals surface area contributed by atoms with Crippen LogP contribution in [-0.2, 0) is 25.8 Å². The first-order valence-electron chi connectivity index (χ1n) is 9.31. The average Bonchev–Trinajstić information content (AvgIpc) is 3.03. The molecule has 6 heteroatoms. The van der Waals surface area contributed by atoms with E-state index in [-0.39, 0.29) is 11.4 Å². The quantitative estimate of drug-likeness (QED) is 0.645. The van der Waals surface area contributed by atoms with E-state index in [2.05, 4.69) is 11.9 Å². The Morgan fingerprint density at radius 3 is 3.00 bits per heavy atom. The molecule has 0 unspecified atom stereocenters. The van der Waals surface area contributed by atoms with Gasteiger partial charge in [0, 0.05) is 18.0 Å². The second-order valence-corrected chi connectivity index (χ2v) is 7.92. The molecule has 1 aliphatic carbocycles. The number of benzene rings is 1. The Morgan fingerprint density at radius 2 is 2.19 bits per heavy atom. The standard InChI is InChI=1S/C21H22FN3OS/c1-2-12-25-20(26)18-16-8-3-4-9-17(16)27-19(18)24-21(25)23-11-10-14-6-5-7-15(22)13-14/h2,5-7,13H,1,3-4,8-12H2,(H,23,24). The molecular formula is C21H22FN3OS. The molecule has 0 radical (unpaired) electrons. The number of fused-ring (bicyclic) bond motifs is 3. The summed E-state index contributed by atoms with van der Waals surface area (Å²) in [5.41, 5.74) is 2.11. The van der Waals surface area contributed by atoms with Crippen LogP contribution in [-0.4, -0.2) is 16.1 Å². The third-order valence-electron chi connectivity index (χ3n) is 4.97. The third kappa shape index (κ3) is 3.54. The fraction of sp³-hybridized carbons (Fsp3) is 0.333. The van der Waals surface area contributed by atoms with Gasteiger partial charge >= 0.3 is 0 Å². The maximum absolute atomic E-state index is 13.3. The Hall–Kier alpha value is -2.47. The molecule has 3 aromatic rings. The minimum Gasteiger partial charge on any atom is -0.355 e. The van der Waals surface area contributed by atoms with Crippen LogP contribution >= 0.6 is 11.3 Å². The van der Waals surface area contributed by atoms with Gasteiger partial charge in [-0.25, -0.2) is 9.37 Å². The molecule has 0 saturated heterocycles. The molecule has 4 nitrogen and oxygen atoms in total. The second kappa shape index (κ2) is 7.64.